The Labute approximate surface area is 128 Å². The summed E-state index contributed by atoms with van der Waals surface area (Å²) in [6.07, 6.45) is 3.54. The van der Waals surface area contributed by atoms with Gasteiger partial charge in [0.2, 0.25) is 0 Å². The maximum absolute atomic E-state index is 12.2. The number of carbonyl (C=O) groups is 1. The van der Waals surface area contributed by atoms with Gasteiger partial charge in [0.25, 0.3) is 0 Å². The molecule has 0 aromatic rings. The van der Waals surface area contributed by atoms with E-state index in [1.807, 2.05) is 20.8 Å². The first kappa shape index (κ1) is 16.6. The molecule has 3 unspecified atom stereocenters. The Balaban J connectivity index is 1.89. The van der Waals surface area contributed by atoms with Crippen molar-refractivity contribution in [2.45, 2.75) is 70.7 Å². The largest absolute Gasteiger partial charge is 0.444 e. The standard InChI is InChI=1S/C16H30N2O3/c1-11-6-7-12(8-11)17-13-9-18(10-14(13)20-5)15(19)21-16(2,3)4/h11-14,17H,6-10H2,1-5H3/t11?,12?,13?,14-/m0/s1. The third-order valence-electron chi connectivity index (χ3n) is 4.37. The Morgan fingerprint density at radius 3 is 2.48 bits per heavy atom. The van der Waals surface area contributed by atoms with Crippen molar-refractivity contribution < 1.29 is 14.3 Å². The molecule has 2 aliphatic rings. The van der Waals surface area contributed by atoms with Crippen LogP contribution in [0.5, 0.6) is 0 Å². The molecule has 0 aromatic heterocycles. The van der Waals surface area contributed by atoms with Crippen LogP contribution in [0.3, 0.4) is 0 Å². The van der Waals surface area contributed by atoms with Gasteiger partial charge in [0.05, 0.1) is 18.7 Å². The summed E-state index contributed by atoms with van der Waals surface area (Å²) < 4.78 is 11.0. The highest BCUT2D eigenvalue weighted by Gasteiger charge is 2.38. The summed E-state index contributed by atoms with van der Waals surface area (Å²) in [6.45, 7) is 9.25. The lowest BCUT2D eigenvalue weighted by Gasteiger charge is -2.24. The molecule has 1 heterocycles. The van der Waals surface area contributed by atoms with Gasteiger partial charge in [-0.25, -0.2) is 4.79 Å². The number of ether oxygens (including phenoxy) is 2. The van der Waals surface area contributed by atoms with Gasteiger partial charge in [0, 0.05) is 19.7 Å². The van der Waals surface area contributed by atoms with Crippen molar-refractivity contribution in [2.24, 2.45) is 5.92 Å². The van der Waals surface area contributed by atoms with Crippen LogP contribution in [0.1, 0.15) is 47.0 Å². The normalized spacial score (nSPS) is 33.5. The minimum atomic E-state index is -0.452. The van der Waals surface area contributed by atoms with E-state index in [4.69, 9.17) is 9.47 Å². The van der Waals surface area contributed by atoms with Crippen molar-refractivity contribution in [3.8, 4) is 0 Å². The molecule has 1 aliphatic heterocycles. The van der Waals surface area contributed by atoms with Gasteiger partial charge >= 0.3 is 6.09 Å². The van der Waals surface area contributed by atoms with E-state index in [0.717, 1.165) is 5.92 Å². The lowest BCUT2D eigenvalue weighted by molar-refractivity contribution is 0.0252. The van der Waals surface area contributed by atoms with E-state index < -0.39 is 5.60 Å². The molecule has 2 rings (SSSR count). The van der Waals surface area contributed by atoms with E-state index in [2.05, 4.69) is 12.2 Å². The second-order valence-electron chi connectivity index (χ2n) is 7.55. The lowest BCUT2D eigenvalue weighted by atomic mass is 10.1. The molecule has 2 fully saturated rings. The van der Waals surface area contributed by atoms with E-state index in [0.29, 0.717) is 19.1 Å². The predicted octanol–water partition coefficient (Wildman–Crippen LogP) is 2.40. The maximum Gasteiger partial charge on any atom is 0.410 e. The summed E-state index contributed by atoms with van der Waals surface area (Å²) >= 11 is 0. The first-order valence-electron chi connectivity index (χ1n) is 8.05. The number of likely N-dealkylation sites (tertiary alicyclic amines) is 1. The van der Waals surface area contributed by atoms with Crippen LogP contribution >= 0.6 is 0 Å². The molecule has 5 nitrogen and oxygen atoms in total. The van der Waals surface area contributed by atoms with Gasteiger partial charge in [-0.2, -0.15) is 0 Å². The second-order valence-corrected chi connectivity index (χ2v) is 7.55. The van der Waals surface area contributed by atoms with Crippen LogP contribution in [0.15, 0.2) is 0 Å². The smallest absolute Gasteiger partial charge is 0.410 e. The SMILES string of the molecule is CO[C@H]1CN(C(=O)OC(C)(C)C)CC1NC1CCC(C)C1. The Morgan fingerprint density at radius 1 is 1.24 bits per heavy atom. The number of amides is 1. The zero-order valence-electron chi connectivity index (χ0n) is 14.0. The molecule has 0 radical (unpaired) electrons. The van der Waals surface area contributed by atoms with Crippen LogP contribution in [-0.4, -0.2) is 55.0 Å². The van der Waals surface area contributed by atoms with Gasteiger partial charge in [-0.05, 0) is 46.0 Å². The number of methoxy groups -OCH3 is 1. The summed E-state index contributed by atoms with van der Waals surface area (Å²) in [6, 6.07) is 0.763. The minimum Gasteiger partial charge on any atom is -0.444 e. The maximum atomic E-state index is 12.2. The molecule has 1 aliphatic carbocycles. The molecule has 4 atom stereocenters. The number of hydrogen-bond donors (Lipinski definition) is 1. The fourth-order valence-electron chi connectivity index (χ4n) is 3.31. The third-order valence-corrected chi connectivity index (χ3v) is 4.37. The Hall–Kier alpha value is -0.810. The van der Waals surface area contributed by atoms with Crippen LogP contribution in [0.2, 0.25) is 0 Å². The van der Waals surface area contributed by atoms with Crippen LogP contribution in [-0.2, 0) is 9.47 Å². The summed E-state index contributed by atoms with van der Waals surface area (Å²) in [5.41, 5.74) is -0.452. The molecule has 1 N–H and O–H groups in total. The Morgan fingerprint density at radius 2 is 1.95 bits per heavy atom. The van der Waals surface area contributed by atoms with Gasteiger partial charge in [-0.15, -0.1) is 0 Å². The molecular weight excluding hydrogens is 268 g/mol. The van der Waals surface area contributed by atoms with E-state index >= 15 is 0 Å². The number of hydrogen-bond acceptors (Lipinski definition) is 4. The Kier molecular flexibility index (Phi) is 5.15. The van der Waals surface area contributed by atoms with Crippen molar-refractivity contribution in [1.82, 2.24) is 10.2 Å². The molecule has 21 heavy (non-hydrogen) atoms. The van der Waals surface area contributed by atoms with Gasteiger partial charge in [0.15, 0.2) is 0 Å². The molecular formula is C16H30N2O3. The van der Waals surface area contributed by atoms with Crippen LogP contribution in [0.4, 0.5) is 4.79 Å². The average Bonchev–Trinajstić information content (AvgIpc) is 2.94. The van der Waals surface area contributed by atoms with Crippen LogP contribution < -0.4 is 5.32 Å². The molecule has 0 bridgehead atoms. The van der Waals surface area contributed by atoms with Gasteiger partial charge in [-0.1, -0.05) is 6.92 Å². The van der Waals surface area contributed by atoms with E-state index in [1.165, 1.54) is 19.3 Å². The van der Waals surface area contributed by atoms with Gasteiger partial charge < -0.3 is 19.7 Å². The summed E-state index contributed by atoms with van der Waals surface area (Å²) in [7, 11) is 1.72. The molecule has 0 spiro atoms. The first-order valence-corrected chi connectivity index (χ1v) is 8.05. The zero-order chi connectivity index (χ0) is 15.6. The monoisotopic (exact) mass is 298 g/mol. The molecule has 122 valence electrons. The molecule has 5 heteroatoms. The highest BCUT2D eigenvalue weighted by molar-refractivity contribution is 5.68. The first-order chi connectivity index (χ1) is 9.78. The summed E-state index contributed by atoms with van der Waals surface area (Å²) in [5, 5.41) is 3.68. The number of nitrogens with one attached hydrogen (secondary N) is 1. The molecule has 1 saturated heterocycles. The lowest BCUT2D eigenvalue weighted by Crippen LogP contribution is -2.45. The number of rotatable bonds is 3. The van der Waals surface area contributed by atoms with Gasteiger partial charge in [-0.3, -0.25) is 0 Å². The second kappa shape index (κ2) is 6.53. The summed E-state index contributed by atoms with van der Waals surface area (Å²) in [5.74, 6) is 0.798. The van der Waals surface area contributed by atoms with Crippen molar-refractivity contribution in [2.75, 3.05) is 20.2 Å². The zero-order valence-corrected chi connectivity index (χ0v) is 14.0. The third kappa shape index (κ3) is 4.58. The van der Waals surface area contributed by atoms with Crippen molar-refractivity contribution in [3.63, 3.8) is 0 Å². The average molecular weight is 298 g/mol. The quantitative estimate of drug-likeness (QED) is 0.869. The highest BCUT2D eigenvalue weighted by atomic mass is 16.6. The van der Waals surface area contributed by atoms with Crippen molar-refractivity contribution in [3.05, 3.63) is 0 Å². The molecule has 1 saturated carbocycles. The number of nitrogens with zero attached hydrogens (tertiary/aromatic N) is 1. The van der Waals surface area contributed by atoms with Crippen molar-refractivity contribution in [1.29, 1.82) is 0 Å². The fraction of sp³-hybridized carbons (Fsp3) is 0.938. The van der Waals surface area contributed by atoms with E-state index in [9.17, 15) is 4.79 Å². The predicted molar refractivity (Wildman–Crippen MR) is 82.3 cm³/mol. The number of carbonyl (C=O) groups excluding carboxylic acids is 1. The van der Waals surface area contributed by atoms with Crippen LogP contribution in [0, 0.1) is 5.92 Å². The van der Waals surface area contributed by atoms with E-state index in [-0.39, 0.29) is 18.2 Å². The highest BCUT2D eigenvalue weighted by Crippen LogP contribution is 2.26. The Bertz CT molecular complexity index is 367. The molecule has 0 aromatic carbocycles. The van der Waals surface area contributed by atoms with Crippen LogP contribution in [0.25, 0.3) is 0 Å². The minimum absolute atomic E-state index is 0.0495. The van der Waals surface area contributed by atoms with Crippen molar-refractivity contribution >= 4 is 6.09 Å². The van der Waals surface area contributed by atoms with Gasteiger partial charge in [0.1, 0.15) is 5.60 Å². The van der Waals surface area contributed by atoms with E-state index in [1.54, 1.807) is 12.0 Å². The molecule has 1 amide bonds. The fourth-order valence-corrected chi connectivity index (χ4v) is 3.31. The topological polar surface area (TPSA) is 50.8 Å². The summed E-state index contributed by atoms with van der Waals surface area (Å²) in [4.78, 5) is 13.9.